The monoisotopic (exact) mass is 479 g/mol. The number of rotatable bonds is 5. The molecule has 0 aliphatic carbocycles. The van der Waals surface area contributed by atoms with Gasteiger partial charge in [-0.05, 0) is 58.5 Å². The molecule has 3 heterocycles. The number of halogens is 3. The van der Waals surface area contributed by atoms with Crippen LogP contribution in [0.15, 0.2) is 24.5 Å². The Morgan fingerprint density at radius 3 is 2.68 bits per heavy atom. The standard InChI is InChI=1S/C23H28F3N5O3/c1-13(2)34-22(33)16-11-30(3)8-7-19(16)31-9-6-18(21(31)32)29-20-15-10-14(23(24,25)26)4-5-17(15)27-12-28-20/h4-5,10,12-13,16,18-19H,6-9,11H2,1-3H3,(H,27,28,29)/t16-,18-,19-/m0/s1. The summed E-state index contributed by atoms with van der Waals surface area (Å²) in [5.41, 5.74) is -0.463. The minimum Gasteiger partial charge on any atom is -0.463 e. The fraction of sp³-hybridized carbons (Fsp3) is 0.565. The van der Waals surface area contributed by atoms with Crippen LogP contribution in [-0.2, 0) is 20.5 Å². The quantitative estimate of drug-likeness (QED) is 0.660. The first-order valence-electron chi connectivity index (χ1n) is 11.3. The summed E-state index contributed by atoms with van der Waals surface area (Å²) >= 11 is 0. The van der Waals surface area contributed by atoms with Gasteiger partial charge in [0.1, 0.15) is 18.2 Å². The van der Waals surface area contributed by atoms with E-state index in [1.165, 1.54) is 12.4 Å². The van der Waals surface area contributed by atoms with Crippen LogP contribution in [0.4, 0.5) is 19.0 Å². The third-order valence-electron chi connectivity index (χ3n) is 6.35. The van der Waals surface area contributed by atoms with Gasteiger partial charge >= 0.3 is 12.1 Å². The highest BCUT2D eigenvalue weighted by Crippen LogP contribution is 2.33. The summed E-state index contributed by atoms with van der Waals surface area (Å²) in [6.07, 6.45) is -2.42. The fourth-order valence-electron chi connectivity index (χ4n) is 4.71. The van der Waals surface area contributed by atoms with Gasteiger partial charge in [0, 0.05) is 24.5 Å². The summed E-state index contributed by atoms with van der Waals surface area (Å²) in [4.78, 5) is 38.0. The third kappa shape index (κ3) is 4.94. The number of carbonyl (C=O) groups is 2. The van der Waals surface area contributed by atoms with Crippen LogP contribution in [0.25, 0.3) is 10.9 Å². The summed E-state index contributed by atoms with van der Waals surface area (Å²) < 4.78 is 45.1. The van der Waals surface area contributed by atoms with Crippen LogP contribution in [-0.4, -0.2) is 76.5 Å². The number of fused-ring (bicyclic) bond motifs is 1. The molecular formula is C23H28F3N5O3. The first kappa shape index (κ1) is 24.2. The van der Waals surface area contributed by atoms with Crippen molar-refractivity contribution in [3.63, 3.8) is 0 Å². The van der Waals surface area contributed by atoms with E-state index in [1.807, 2.05) is 11.9 Å². The van der Waals surface area contributed by atoms with Gasteiger partial charge in [-0.15, -0.1) is 0 Å². The molecule has 1 amide bonds. The molecule has 11 heteroatoms. The van der Waals surface area contributed by atoms with E-state index in [0.29, 0.717) is 31.4 Å². The molecule has 2 saturated heterocycles. The van der Waals surface area contributed by atoms with Crippen LogP contribution < -0.4 is 5.32 Å². The topological polar surface area (TPSA) is 87.7 Å². The summed E-state index contributed by atoms with van der Waals surface area (Å²) in [7, 11) is 1.93. The molecule has 0 radical (unpaired) electrons. The Balaban J connectivity index is 1.54. The number of anilines is 1. The largest absolute Gasteiger partial charge is 0.463 e. The number of aromatic nitrogens is 2. The average Bonchev–Trinajstić information content (AvgIpc) is 3.12. The second-order valence-corrected chi connectivity index (χ2v) is 9.18. The van der Waals surface area contributed by atoms with Crippen molar-refractivity contribution in [1.82, 2.24) is 19.8 Å². The van der Waals surface area contributed by atoms with Gasteiger partial charge in [-0.3, -0.25) is 9.59 Å². The van der Waals surface area contributed by atoms with Crippen molar-refractivity contribution in [2.45, 2.75) is 51.1 Å². The van der Waals surface area contributed by atoms with E-state index >= 15 is 0 Å². The van der Waals surface area contributed by atoms with Crippen LogP contribution in [0.2, 0.25) is 0 Å². The second kappa shape index (κ2) is 9.36. The normalized spacial score (nSPS) is 24.1. The molecule has 1 aromatic heterocycles. The lowest BCUT2D eigenvalue weighted by atomic mass is 9.91. The van der Waals surface area contributed by atoms with Crippen LogP contribution in [0.1, 0.15) is 32.3 Å². The van der Waals surface area contributed by atoms with Crippen molar-refractivity contribution in [2.75, 3.05) is 32.0 Å². The van der Waals surface area contributed by atoms with E-state index in [-0.39, 0.29) is 35.2 Å². The molecule has 0 spiro atoms. The number of ether oxygens (including phenoxy) is 1. The Labute approximate surface area is 195 Å². The number of benzene rings is 1. The predicted molar refractivity (Wildman–Crippen MR) is 119 cm³/mol. The molecule has 3 atom stereocenters. The van der Waals surface area contributed by atoms with Crippen molar-refractivity contribution in [3.05, 3.63) is 30.1 Å². The van der Waals surface area contributed by atoms with Gasteiger partial charge in [-0.25, -0.2) is 9.97 Å². The number of hydrogen-bond donors (Lipinski definition) is 1. The molecule has 0 unspecified atom stereocenters. The van der Waals surface area contributed by atoms with Crippen molar-refractivity contribution < 1.29 is 27.5 Å². The second-order valence-electron chi connectivity index (χ2n) is 9.18. The van der Waals surface area contributed by atoms with E-state index < -0.39 is 23.7 Å². The summed E-state index contributed by atoms with van der Waals surface area (Å²) in [6, 6.07) is 2.30. The molecule has 4 rings (SSSR count). The number of amides is 1. The maximum absolute atomic E-state index is 13.3. The fourth-order valence-corrected chi connectivity index (χ4v) is 4.71. The van der Waals surface area contributed by atoms with Gasteiger partial charge in [0.05, 0.1) is 23.1 Å². The van der Waals surface area contributed by atoms with Crippen LogP contribution in [0.5, 0.6) is 0 Å². The van der Waals surface area contributed by atoms with E-state index in [2.05, 4.69) is 15.3 Å². The maximum atomic E-state index is 13.3. The predicted octanol–water partition coefficient (Wildman–Crippen LogP) is 2.93. The lowest BCUT2D eigenvalue weighted by Gasteiger charge is -2.40. The Kier molecular flexibility index (Phi) is 6.66. The molecule has 2 aromatic rings. The summed E-state index contributed by atoms with van der Waals surface area (Å²) in [5.74, 6) is -0.804. The van der Waals surface area contributed by atoms with Gasteiger partial charge in [-0.1, -0.05) is 0 Å². The van der Waals surface area contributed by atoms with Gasteiger partial charge in [0.25, 0.3) is 0 Å². The van der Waals surface area contributed by atoms with Crippen molar-refractivity contribution in [3.8, 4) is 0 Å². The number of alkyl halides is 3. The molecule has 2 aliphatic heterocycles. The first-order chi connectivity index (χ1) is 16.0. The van der Waals surface area contributed by atoms with E-state index in [9.17, 15) is 22.8 Å². The zero-order chi connectivity index (χ0) is 24.6. The highest BCUT2D eigenvalue weighted by atomic mass is 19.4. The maximum Gasteiger partial charge on any atom is 0.416 e. The van der Waals surface area contributed by atoms with Crippen LogP contribution in [0, 0.1) is 5.92 Å². The zero-order valence-electron chi connectivity index (χ0n) is 19.3. The smallest absolute Gasteiger partial charge is 0.416 e. The number of nitrogens with zero attached hydrogens (tertiary/aromatic N) is 4. The van der Waals surface area contributed by atoms with Gasteiger partial charge in [0.2, 0.25) is 5.91 Å². The van der Waals surface area contributed by atoms with Gasteiger partial charge < -0.3 is 19.9 Å². The summed E-state index contributed by atoms with van der Waals surface area (Å²) in [5, 5.41) is 3.23. The molecule has 8 nitrogen and oxygen atoms in total. The Hall–Kier alpha value is -2.95. The van der Waals surface area contributed by atoms with E-state index in [0.717, 1.165) is 18.7 Å². The lowest BCUT2D eigenvalue weighted by molar-refractivity contribution is -0.158. The molecule has 0 saturated carbocycles. The minimum atomic E-state index is -4.50. The molecule has 0 bridgehead atoms. The van der Waals surface area contributed by atoms with Crippen molar-refractivity contribution in [2.24, 2.45) is 5.92 Å². The third-order valence-corrected chi connectivity index (χ3v) is 6.35. The van der Waals surface area contributed by atoms with Gasteiger partial charge in [-0.2, -0.15) is 13.2 Å². The number of carbonyl (C=O) groups excluding carboxylic acids is 2. The SMILES string of the molecule is CC(C)OC(=O)[C@H]1CN(C)CC[C@@H]1N1CC[C@H](Nc2ncnc3ccc(C(F)(F)F)cc23)C1=O. The lowest BCUT2D eigenvalue weighted by Crippen LogP contribution is -2.54. The highest BCUT2D eigenvalue weighted by Gasteiger charge is 2.44. The van der Waals surface area contributed by atoms with Crippen LogP contribution >= 0.6 is 0 Å². The molecule has 2 fully saturated rings. The van der Waals surface area contributed by atoms with E-state index in [4.69, 9.17) is 4.74 Å². The average molecular weight is 480 g/mol. The molecule has 1 N–H and O–H groups in total. The zero-order valence-corrected chi connectivity index (χ0v) is 19.3. The van der Waals surface area contributed by atoms with Gasteiger partial charge in [0.15, 0.2) is 0 Å². The Bertz CT molecular complexity index is 1080. The summed E-state index contributed by atoms with van der Waals surface area (Å²) in [6.45, 7) is 5.25. The number of hydrogen-bond acceptors (Lipinski definition) is 7. The molecule has 184 valence electrons. The molecule has 34 heavy (non-hydrogen) atoms. The minimum absolute atomic E-state index is 0.176. The number of esters is 1. The highest BCUT2D eigenvalue weighted by molar-refractivity contribution is 5.93. The van der Waals surface area contributed by atoms with Crippen molar-refractivity contribution in [1.29, 1.82) is 0 Å². The number of nitrogens with one attached hydrogen (secondary N) is 1. The van der Waals surface area contributed by atoms with Crippen molar-refractivity contribution >= 4 is 28.6 Å². The van der Waals surface area contributed by atoms with Crippen LogP contribution in [0.3, 0.4) is 0 Å². The Morgan fingerprint density at radius 2 is 1.97 bits per heavy atom. The molecular weight excluding hydrogens is 451 g/mol. The molecule has 1 aromatic carbocycles. The Morgan fingerprint density at radius 1 is 1.21 bits per heavy atom. The van der Waals surface area contributed by atoms with E-state index in [1.54, 1.807) is 18.7 Å². The molecule has 2 aliphatic rings. The first-order valence-corrected chi connectivity index (χ1v) is 11.3. The number of piperidine rings is 1. The number of likely N-dealkylation sites (tertiary alicyclic amines) is 2.